The van der Waals surface area contributed by atoms with Crippen molar-refractivity contribution in [2.75, 3.05) is 11.1 Å². The number of imidazole rings is 1. The van der Waals surface area contributed by atoms with Crippen molar-refractivity contribution in [2.24, 2.45) is 0 Å². The molecule has 4 rings (SSSR count). The van der Waals surface area contributed by atoms with Gasteiger partial charge in [0.15, 0.2) is 0 Å². The van der Waals surface area contributed by atoms with Gasteiger partial charge in [-0.1, -0.05) is 12.1 Å². The third-order valence-corrected chi connectivity index (χ3v) is 3.71. The largest absolute Gasteiger partial charge is 0.384 e. The Bertz CT molecular complexity index is 1120. The average molecular weight is 348 g/mol. The van der Waals surface area contributed by atoms with Crippen molar-refractivity contribution in [3.63, 3.8) is 0 Å². The van der Waals surface area contributed by atoms with Gasteiger partial charge in [0.1, 0.15) is 23.0 Å². The first-order chi connectivity index (χ1) is 12.6. The molecule has 0 radical (unpaired) electrons. The van der Waals surface area contributed by atoms with Crippen molar-refractivity contribution >= 4 is 23.2 Å². The van der Waals surface area contributed by atoms with E-state index in [1.54, 1.807) is 28.9 Å². The fourth-order valence-corrected chi connectivity index (χ4v) is 2.52. The number of nitrogens with zero attached hydrogens (tertiary/aromatic N) is 4. The summed E-state index contributed by atoms with van der Waals surface area (Å²) in [7, 11) is 0. The maximum Gasteiger partial charge on any atom is 0.277 e. The highest BCUT2D eigenvalue weighted by atomic mass is 19.1. The molecule has 128 valence electrons. The van der Waals surface area contributed by atoms with E-state index >= 15 is 0 Å². The molecule has 0 aliphatic carbocycles. The standard InChI is InChI=1S/C18H13FN6O/c19-14-4-2-6-16(23-14)24-18(26)13-10-25-9-11(7-8-17(25)22-13)12-3-1-5-15(20)21-12/h1-10H,(H2,20,21)(H,23,24,26). The van der Waals surface area contributed by atoms with Gasteiger partial charge >= 0.3 is 0 Å². The first-order valence-corrected chi connectivity index (χ1v) is 7.74. The number of nitrogens with two attached hydrogens (primary N) is 1. The van der Waals surface area contributed by atoms with Gasteiger partial charge < -0.3 is 15.5 Å². The lowest BCUT2D eigenvalue weighted by atomic mass is 10.2. The molecule has 4 aromatic rings. The van der Waals surface area contributed by atoms with Gasteiger partial charge in [0.05, 0.1) is 5.69 Å². The molecule has 4 heterocycles. The van der Waals surface area contributed by atoms with E-state index < -0.39 is 11.9 Å². The molecular weight excluding hydrogens is 335 g/mol. The predicted octanol–water partition coefficient (Wildman–Crippen LogP) is 2.76. The third kappa shape index (κ3) is 3.07. The van der Waals surface area contributed by atoms with E-state index in [9.17, 15) is 9.18 Å². The zero-order valence-electron chi connectivity index (χ0n) is 13.4. The number of hydrogen-bond acceptors (Lipinski definition) is 5. The number of pyridine rings is 3. The average Bonchev–Trinajstić information content (AvgIpc) is 3.05. The monoisotopic (exact) mass is 348 g/mol. The van der Waals surface area contributed by atoms with Crippen LogP contribution in [0.5, 0.6) is 0 Å². The fraction of sp³-hybridized carbons (Fsp3) is 0. The summed E-state index contributed by atoms with van der Waals surface area (Å²) in [5, 5.41) is 2.52. The summed E-state index contributed by atoms with van der Waals surface area (Å²) in [5.74, 6) is -0.597. The number of carbonyl (C=O) groups is 1. The summed E-state index contributed by atoms with van der Waals surface area (Å²) in [6.07, 6.45) is 3.39. The van der Waals surface area contributed by atoms with E-state index in [1.807, 2.05) is 18.2 Å². The Morgan fingerprint density at radius 3 is 2.65 bits per heavy atom. The van der Waals surface area contributed by atoms with Crippen LogP contribution in [-0.2, 0) is 0 Å². The SMILES string of the molecule is Nc1cccc(-c2ccc3nc(C(=O)Nc4cccc(F)n4)cn3c2)n1. The van der Waals surface area contributed by atoms with Gasteiger partial charge in [-0.2, -0.15) is 4.39 Å². The Hall–Kier alpha value is -3.81. The van der Waals surface area contributed by atoms with Crippen LogP contribution in [0.3, 0.4) is 0 Å². The predicted molar refractivity (Wildman–Crippen MR) is 95.0 cm³/mol. The number of carbonyl (C=O) groups excluding carboxylic acids is 1. The molecule has 26 heavy (non-hydrogen) atoms. The first-order valence-electron chi connectivity index (χ1n) is 7.74. The molecule has 0 aliphatic heterocycles. The molecule has 1 amide bonds. The van der Waals surface area contributed by atoms with Crippen LogP contribution in [0.15, 0.2) is 60.9 Å². The quantitative estimate of drug-likeness (QED) is 0.555. The van der Waals surface area contributed by atoms with Crippen molar-refractivity contribution in [3.8, 4) is 11.3 Å². The Morgan fingerprint density at radius 1 is 1.00 bits per heavy atom. The van der Waals surface area contributed by atoms with Gasteiger partial charge in [-0.05, 0) is 36.4 Å². The molecule has 0 aliphatic rings. The minimum Gasteiger partial charge on any atom is -0.384 e. The van der Waals surface area contributed by atoms with Crippen molar-refractivity contribution in [1.82, 2.24) is 19.4 Å². The molecule has 7 nitrogen and oxygen atoms in total. The molecule has 0 aromatic carbocycles. The molecule has 0 bridgehead atoms. The Balaban J connectivity index is 1.64. The van der Waals surface area contributed by atoms with Crippen molar-refractivity contribution in [1.29, 1.82) is 0 Å². The molecule has 0 fully saturated rings. The van der Waals surface area contributed by atoms with Gasteiger partial charge in [0, 0.05) is 18.0 Å². The summed E-state index contributed by atoms with van der Waals surface area (Å²) < 4.78 is 14.8. The highest BCUT2D eigenvalue weighted by Crippen LogP contribution is 2.19. The lowest BCUT2D eigenvalue weighted by Gasteiger charge is -2.02. The molecule has 4 aromatic heterocycles. The smallest absolute Gasteiger partial charge is 0.277 e. The number of nitrogen functional groups attached to an aromatic ring is 1. The zero-order valence-corrected chi connectivity index (χ0v) is 13.4. The van der Waals surface area contributed by atoms with Crippen molar-refractivity contribution in [2.45, 2.75) is 0 Å². The highest BCUT2D eigenvalue weighted by Gasteiger charge is 2.13. The minimum atomic E-state index is -0.669. The molecule has 0 saturated carbocycles. The van der Waals surface area contributed by atoms with Crippen molar-refractivity contribution in [3.05, 3.63) is 72.6 Å². The Labute approximate surface area is 147 Å². The summed E-state index contributed by atoms with van der Waals surface area (Å²) in [4.78, 5) is 24.5. The fourth-order valence-electron chi connectivity index (χ4n) is 2.52. The van der Waals surface area contributed by atoms with E-state index in [4.69, 9.17) is 5.73 Å². The molecular formula is C18H13FN6O. The van der Waals surface area contributed by atoms with Crippen LogP contribution in [0.1, 0.15) is 10.5 Å². The van der Waals surface area contributed by atoms with Gasteiger partial charge in [-0.25, -0.2) is 15.0 Å². The molecule has 0 unspecified atom stereocenters. The van der Waals surface area contributed by atoms with Gasteiger partial charge in [-0.15, -0.1) is 0 Å². The van der Waals surface area contributed by atoms with E-state index in [0.717, 1.165) is 11.3 Å². The number of rotatable bonds is 3. The zero-order chi connectivity index (χ0) is 18.1. The van der Waals surface area contributed by atoms with Gasteiger partial charge in [-0.3, -0.25) is 4.79 Å². The number of amides is 1. The number of hydrogen-bond donors (Lipinski definition) is 2. The topological polar surface area (TPSA) is 98.2 Å². The molecule has 8 heteroatoms. The molecule has 0 saturated heterocycles. The van der Waals surface area contributed by atoms with Crippen LogP contribution in [0.2, 0.25) is 0 Å². The first kappa shape index (κ1) is 15.7. The molecule has 0 spiro atoms. The lowest BCUT2D eigenvalue weighted by Crippen LogP contribution is -2.13. The maximum atomic E-state index is 13.1. The number of halogens is 1. The number of aromatic nitrogens is 4. The summed E-state index contributed by atoms with van der Waals surface area (Å²) in [6, 6.07) is 13.2. The second-order valence-corrected chi connectivity index (χ2v) is 5.56. The minimum absolute atomic E-state index is 0.122. The molecule has 3 N–H and O–H groups in total. The van der Waals surface area contributed by atoms with Crippen LogP contribution in [0.25, 0.3) is 16.9 Å². The van der Waals surface area contributed by atoms with Crippen molar-refractivity contribution < 1.29 is 9.18 Å². The normalized spacial score (nSPS) is 10.8. The maximum absolute atomic E-state index is 13.1. The van der Waals surface area contributed by atoms with Crippen LogP contribution >= 0.6 is 0 Å². The van der Waals surface area contributed by atoms with E-state index in [0.29, 0.717) is 11.5 Å². The third-order valence-electron chi connectivity index (χ3n) is 3.71. The van der Waals surface area contributed by atoms with E-state index in [-0.39, 0.29) is 11.5 Å². The van der Waals surface area contributed by atoms with E-state index in [2.05, 4.69) is 20.3 Å². The lowest BCUT2D eigenvalue weighted by molar-refractivity contribution is 0.102. The van der Waals surface area contributed by atoms with Crippen LogP contribution in [0, 0.1) is 5.95 Å². The summed E-state index contributed by atoms with van der Waals surface area (Å²) in [5.41, 5.74) is 8.05. The summed E-state index contributed by atoms with van der Waals surface area (Å²) in [6.45, 7) is 0. The van der Waals surface area contributed by atoms with Crippen LogP contribution in [0.4, 0.5) is 16.0 Å². The number of anilines is 2. The summed E-state index contributed by atoms with van der Waals surface area (Å²) >= 11 is 0. The second kappa shape index (κ2) is 6.25. The van der Waals surface area contributed by atoms with Crippen LogP contribution in [-0.4, -0.2) is 25.3 Å². The Kier molecular flexibility index (Phi) is 3.77. The van der Waals surface area contributed by atoms with E-state index in [1.165, 1.54) is 18.2 Å². The van der Waals surface area contributed by atoms with Gasteiger partial charge in [0.25, 0.3) is 5.91 Å². The number of nitrogens with one attached hydrogen (secondary N) is 1. The molecule has 0 atom stereocenters. The second-order valence-electron chi connectivity index (χ2n) is 5.56. The number of fused-ring (bicyclic) bond motifs is 1. The highest BCUT2D eigenvalue weighted by molar-refractivity contribution is 6.02. The Morgan fingerprint density at radius 2 is 1.85 bits per heavy atom. The van der Waals surface area contributed by atoms with Gasteiger partial charge in [0.2, 0.25) is 5.95 Å². The van der Waals surface area contributed by atoms with Crippen LogP contribution < -0.4 is 11.1 Å².